The van der Waals surface area contributed by atoms with Crippen LogP contribution in [0.1, 0.15) is 97.8 Å². The molecule has 0 aromatic carbocycles. The summed E-state index contributed by atoms with van der Waals surface area (Å²) in [5.41, 5.74) is 5.57. The Morgan fingerprint density at radius 3 is 2.23 bits per heavy atom. The standard InChI is InChI=1S/C25H46N4O5S/c1-24(2)18-12-13-25(24,3)21(16-18)28-22(30)20(15-17-9-5-4-6-10-17)29(35(27,33)34)19(23(31)32)11-7-8-14-26/h17-21H,4-16,26H2,1-3H3,(H,28,30)(H,31,32)(H2,27,33,34)/t18-,19+,20+,21-,25+/m1/s1. The first-order chi connectivity index (χ1) is 16.3. The molecular formula is C25H46N4O5S. The molecule has 202 valence electrons. The number of rotatable bonds is 12. The third-order valence-electron chi connectivity index (χ3n) is 9.82. The Morgan fingerprint density at radius 2 is 1.74 bits per heavy atom. The number of unbranched alkanes of at least 4 members (excludes halogenated alkanes) is 1. The molecule has 0 aliphatic heterocycles. The van der Waals surface area contributed by atoms with E-state index in [1.807, 2.05) is 0 Å². The number of carbonyl (C=O) groups excluding carboxylic acids is 1. The van der Waals surface area contributed by atoms with Crippen LogP contribution in [0.3, 0.4) is 0 Å². The highest BCUT2D eigenvalue weighted by Crippen LogP contribution is 2.65. The first-order valence-corrected chi connectivity index (χ1v) is 14.9. The molecule has 0 saturated heterocycles. The van der Waals surface area contributed by atoms with E-state index in [0.29, 0.717) is 31.7 Å². The van der Waals surface area contributed by atoms with Crippen LogP contribution in [0.4, 0.5) is 0 Å². The smallest absolute Gasteiger partial charge is 0.322 e. The monoisotopic (exact) mass is 514 g/mol. The van der Waals surface area contributed by atoms with Gasteiger partial charge in [0.15, 0.2) is 0 Å². The van der Waals surface area contributed by atoms with Gasteiger partial charge in [-0.3, -0.25) is 9.59 Å². The van der Waals surface area contributed by atoms with Crippen molar-refractivity contribution < 1.29 is 23.1 Å². The Balaban J connectivity index is 1.91. The molecule has 0 heterocycles. The van der Waals surface area contributed by atoms with Crippen molar-refractivity contribution in [3.63, 3.8) is 0 Å². The van der Waals surface area contributed by atoms with Gasteiger partial charge in [-0.25, -0.2) is 5.14 Å². The predicted octanol–water partition coefficient (Wildman–Crippen LogP) is 2.74. The molecule has 0 aromatic heterocycles. The summed E-state index contributed by atoms with van der Waals surface area (Å²) in [4.78, 5) is 26.1. The normalized spacial score (nSPS) is 30.3. The van der Waals surface area contributed by atoms with Crippen LogP contribution in [0.2, 0.25) is 0 Å². The lowest BCUT2D eigenvalue weighted by atomic mass is 9.69. The van der Waals surface area contributed by atoms with Crippen LogP contribution in [0, 0.1) is 22.7 Å². The summed E-state index contributed by atoms with van der Waals surface area (Å²) in [6.07, 6.45) is 9.37. The molecule has 35 heavy (non-hydrogen) atoms. The van der Waals surface area contributed by atoms with E-state index in [1.165, 1.54) is 0 Å². The molecule has 3 aliphatic carbocycles. The highest BCUT2D eigenvalue weighted by Gasteiger charge is 2.62. The maximum atomic E-state index is 13.9. The van der Waals surface area contributed by atoms with Gasteiger partial charge in [-0.2, -0.15) is 12.7 Å². The molecule has 3 fully saturated rings. The number of nitrogens with zero attached hydrogens (tertiary/aromatic N) is 1. The maximum Gasteiger partial charge on any atom is 0.322 e. The molecule has 6 N–H and O–H groups in total. The number of aliphatic carboxylic acids is 1. The minimum atomic E-state index is -4.46. The van der Waals surface area contributed by atoms with E-state index >= 15 is 0 Å². The number of hydrogen-bond donors (Lipinski definition) is 4. The lowest BCUT2D eigenvalue weighted by molar-refractivity contribution is -0.143. The van der Waals surface area contributed by atoms with E-state index in [0.717, 1.165) is 55.7 Å². The van der Waals surface area contributed by atoms with E-state index in [4.69, 9.17) is 10.9 Å². The predicted molar refractivity (Wildman–Crippen MR) is 135 cm³/mol. The fraction of sp³-hybridized carbons (Fsp3) is 0.920. The van der Waals surface area contributed by atoms with Crippen molar-refractivity contribution >= 4 is 22.1 Å². The number of hydrogen-bond acceptors (Lipinski definition) is 5. The van der Waals surface area contributed by atoms with Crippen molar-refractivity contribution in [3.8, 4) is 0 Å². The second kappa shape index (κ2) is 11.0. The first kappa shape index (κ1) is 28.3. The molecule has 9 nitrogen and oxygen atoms in total. The molecule has 10 heteroatoms. The lowest BCUT2D eigenvalue weighted by Gasteiger charge is -2.41. The number of carboxylic acid groups (broad SMARTS) is 1. The van der Waals surface area contributed by atoms with Gasteiger partial charge in [0.2, 0.25) is 5.91 Å². The summed E-state index contributed by atoms with van der Waals surface area (Å²) in [5.74, 6) is -1.03. The SMILES string of the molecule is CC1(C)[C@@H]2CC[C@@]1(C)[C@H](NC(=O)[C@H](CC1CCCCC1)N([C@@H](CCCCN)C(=O)O)S(N)(=O)=O)C2. The van der Waals surface area contributed by atoms with Crippen molar-refractivity contribution in [1.29, 1.82) is 0 Å². The molecule has 0 aromatic rings. The van der Waals surface area contributed by atoms with Crippen LogP contribution in [0.5, 0.6) is 0 Å². The highest BCUT2D eigenvalue weighted by molar-refractivity contribution is 7.86. The van der Waals surface area contributed by atoms with Crippen molar-refractivity contribution in [2.24, 2.45) is 33.5 Å². The van der Waals surface area contributed by atoms with E-state index in [2.05, 4.69) is 26.1 Å². The van der Waals surface area contributed by atoms with Crippen molar-refractivity contribution in [2.45, 2.75) is 116 Å². The minimum Gasteiger partial charge on any atom is -0.480 e. The van der Waals surface area contributed by atoms with Crippen LogP contribution in [-0.2, 0) is 19.8 Å². The number of amides is 1. The minimum absolute atomic E-state index is 0.0632. The van der Waals surface area contributed by atoms with Crippen molar-refractivity contribution in [2.75, 3.05) is 6.54 Å². The lowest BCUT2D eigenvalue weighted by Crippen LogP contribution is -2.60. The quantitative estimate of drug-likeness (QED) is 0.293. The number of carbonyl (C=O) groups is 2. The maximum absolute atomic E-state index is 13.9. The van der Waals surface area contributed by atoms with E-state index in [9.17, 15) is 23.1 Å². The Labute approximate surface area is 210 Å². The number of nitrogens with one attached hydrogen (secondary N) is 1. The van der Waals surface area contributed by atoms with Gasteiger partial charge in [0.1, 0.15) is 12.1 Å². The number of nitrogens with two attached hydrogens (primary N) is 2. The van der Waals surface area contributed by atoms with Crippen LogP contribution < -0.4 is 16.2 Å². The second-order valence-corrected chi connectivity index (χ2v) is 13.4. The van der Waals surface area contributed by atoms with Gasteiger partial charge < -0.3 is 16.2 Å². The molecule has 3 aliphatic rings. The first-order valence-electron chi connectivity index (χ1n) is 13.4. The van der Waals surface area contributed by atoms with Crippen molar-refractivity contribution in [1.82, 2.24) is 9.62 Å². The van der Waals surface area contributed by atoms with Crippen LogP contribution >= 0.6 is 0 Å². The van der Waals surface area contributed by atoms with Gasteiger partial charge in [0.25, 0.3) is 10.2 Å². The fourth-order valence-electron chi connectivity index (χ4n) is 7.17. The second-order valence-electron chi connectivity index (χ2n) is 11.9. The van der Waals surface area contributed by atoms with Gasteiger partial charge in [-0.05, 0) is 74.2 Å². The Kier molecular flexibility index (Phi) is 8.93. The fourth-order valence-corrected chi connectivity index (χ4v) is 8.26. The Hall–Kier alpha value is -1.23. The molecule has 0 spiro atoms. The summed E-state index contributed by atoms with van der Waals surface area (Å²) in [6, 6.07) is -2.61. The summed E-state index contributed by atoms with van der Waals surface area (Å²) in [7, 11) is -4.46. The largest absolute Gasteiger partial charge is 0.480 e. The summed E-state index contributed by atoms with van der Waals surface area (Å²) >= 11 is 0. The zero-order valence-corrected chi connectivity index (χ0v) is 22.5. The van der Waals surface area contributed by atoms with Gasteiger partial charge >= 0.3 is 5.97 Å². The molecular weight excluding hydrogens is 468 g/mol. The molecule has 1 amide bonds. The van der Waals surface area contributed by atoms with Gasteiger partial charge in [-0.1, -0.05) is 52.9 Å². The zero-order valence-electron chi connectivity index (χ0n) is 21.7. The topological polar surface area (TPSA) is 156 Å². The highest BCUT2D eigenvalue weighted by atomic mass is 32.2. The van der Waals surface area contributed by atoms with E-state index in [1.54, 1.807) is 0 Å². The van der Waals surface area contributed by atoms with Gasteiger partial charge in [-0.15, -0.1) is 0 Å². The van der Waals surface area contributed by atoms with Gasteiger partial charge in [0.05, 0.1) is 0 Å². The molecule has 2 bridgehead atoms. The average Bonchev–Trinajstić information content (AvgIpc) is 3.11. The van der Waals surface area contributed by atoms with Crippen LogP contribution in [0.15, 0.2) is 0 Å². The molecule has 0 unspecified atom stereocenters. The molecule has 0 radical (unpaired) electrons. The third-order valence-corrected chi connectivity index (χ3v) is 10.9. The Bertz CT molecular complexity index is 873. The third kappa shape index (κ3) is 5.86. The summed E-state index contributed by atoms with van der Waals surface area (Å²) in [6.45, 7) is 7.10. The summed E-state index contributed by atoms with van der Waals surface area (Å²) < 4.78 is 26.5. The van der Waals surface area contributed by atoms with Crippen molar-refractivity contribution in [3.05, 3.63) is 0 Å². The van der Waals surface area contributed by atoms with Gasteiger partial charge in [0, 0.05) is 6.04 Å². The molecule has 3 saturated carbocycles. The van der Waals surface area contributed by atoms with Crippen LogP contribution in [0.25, 0.3) is 0 Å². The molecule has 3 rings (SSSR count). The van der Waals surface area contributed by atoms with E-state index in [-0.39, 0.29) is 29.2 Å². The number of fused-ring (bicyclic) bond motifs is 2. The van der Waals surface area contributed by atoms with E-state index < -0.39 is 34.2 Å². The van der Waals surface area contributed by atoms with Crippen LogP contribution in [-0.4, -0.2) is 54.4 Å². The Morgan fingerprint density at radius 1 is 1.09 bits per heavy atom. The average molecular weight is 515 g/mol. The number of carboxylic acids is 1. The molecule has 5 atom stereocenters. The summed E-state index contributed by atoms with van der Waals surface area (Å²) in [5, 5.41) is 18.8. The zero-order chi connectivity index (χ0) is 26.0.